The molecule has 1 unspecified atom stereocenters. The topological polar surface area (TPSA) is 47.3 Å². The van der Waals surface area contributed by atoms with E-state index in [0.717, 1.165) is 44.2 Å². The van der Waals surface area contributed by atoms with Gasteiger partial charge in [0.15, 0.2) is 0 Å². The highest BCUT2D eigenvalue weighted by molar-refractivity contribution is 5.47. The van der Waals surface area contributed by atoms with Crippen molar-refractivity contribution in [3.63, 3.8) is 0 Å². The van der Waals surface area contributed by atoms with Crippen LogP contribution in [0.2, 0.25) is 0 Å². The highest BCUT2D eigenvalue weighted by Crippen LogP contribution is 2.32. The average molecular weight is 262 g/mol. The number of benzene rings is 1. The number of aryl methyl sites for hydroxylation is 1. The maximum atomic E-state index is 5.82. The minimum absolute atomic E-state index is 0.476. The first kappa shape index (κ1) is 14.4. The van der Waals surface area contributed by atoms with Crippen molar-refractivity contribution >= 4 is 5.69 Å². The van der Waals surface area contributed by atoms with Crippen LogP contribution in [0, 0.1) is 5.92 Å². The highest BCUT2D eigenvalue weighted by atomic mass is 16.5. The summed E-state index contributed by atoms with van der Waals surface area (Å²) in [4.78, 5) is 0. The Labute approximate surface area is 116 Å². The summed E-state index contributed by atoms with van der Waals surface area (Å²) in [5.74, 6) is 0.722. The van der Waals surface area contributed by atoms with Gasteiger partial charge in [-0.2, -0.15) is 0 Å². The number of hydrogen-bond acceptors (Lipinski definition) is 3. The van der Waals surface area contributed by atoms with Gasteiger partial charge in [-0.05, 0) is 48.4 Å². The predicted molar refractivity (Wildman–Crippen MR) is 80.2 cm³/mol. The van der Waals surface area contributed by atoms with E-state index >= 15 is 0 Å². The molecule has 0 aliphatic heterocycles. The first-order valence-corrected chi connectivity index (χ1v) is 7.36. The second-order valence-electron chi connectivity index (χ2n) is 5.80. The summed E-state index contributed by atoms with van der Waals surface area (Å²) in [5.41, 5.74) is 9.50. The van der Waals surface area contributed by atoms with Gasteiger partial charge >= 0.3 is 0 Å². The Hall–Kier alpha value is -1.06. The summed E-state index contributed by atoms with van der Waals surface area (Å²) >= 11 is 0. The van der Waals surface area contributed by atoms with Crippen molar-refractivity contribution in [3.05, 3.63) is 29.3 Å². The Morgan fingerprint density at radius 3 is 3.00 bits per heavy atom. The summed E-state index contributed by atoms with van der Waals surface area (Å²) in [6.45, 7) is 7.04. The number of ether oxygens (including phenoxy) is 1. The fraction of sp³-hybridized carbons (Fsp3) is 0.625. The summed E-state index contributed by atoms with van der Waals surface area (Å²) in [7, 11) is 0. The van der Waals surface area contributed by atoms with E-state index < -0.39 is 0 Å². The van der Waals surface area contributed by atoms with Crippen molar-refractivity contribution in [3.8, 4) is 0 Å². The molecule has 3 nitrogen and oxygen atoms in total. The van der Waals surface area contributed by atoms with Crippen molar-refractivity contribution in [1.82, 2.24) is 5.32 Å². The number of fused-ring (bicyclic) bond motifs is 1. The summed E-state index contributed by atoms with van der Waals surface area (Å²) < 4.78 is 5.63. The van der Waals surface area contributed by atoms with E-state index in [-0.39, 0.29) is 0 Å². The quantitative estimate of drug-likeness (QED) is 0.587. The molecule has 0 spiro atoms. The fourth-order valence-corrected chi connectivity index (χ4v) is 2.58. The Bertz CT molecular complexity index is 404. The zero-order valence-electron chi connectivity index (χ0n) is 12.1. The molecule has 106 valence electrons. The van der Waals surface area contributed by atoms with Crippen molar-refractivity contribution < 1.29 is 4.74 Å². The van der Waals surface area contributed by atoms with Crippen molar-refractivity contribution in [2.24, 2.45) is 5.92 Å². The van der Waals surface area contributed by atoms with Crippen LogP contribution in [0.1, 0.15) is 43.9 Å². The molecule has 2 rings (SSSR count). The van der Waals surface area contributed by atoms with E-state index in [1.54, 1.807) is 0 Å². The second kappa shape index (κ2) is 6.92. The molecular formula is C16H26N2O. The zero-order chi connectivity index (χ0) is 13.7. The van der Waals surface area contributed by atoms with Crippen LogP contribution >= 0.6 is 0 Å². The number of nitrogens with one attached hydrogen (secondary N) is 1. The van der Waals surface area contributed by atoms with Gasteiger partial charge in [-0.3, -0.25) is 0 Å². The normalized spacial score (nSPS) is 17.9. The number of rotatable bonds is 7. The van der Waals surface area contributed by atoms with Gasteiger partial charge in [-0.1, -0.05) is 19.9 Å². The third-order valence-electron chi connectivity index (χ3n) is 3.72. The van der Waals surface area contributed by atoms with E-state index in [9.17, 15) is 0 Å². The highest BCUT2D eigenvalue weighted by Gasteiger charge is 2.21. The van der Waals surface area contributed by atoms with Crippen LogP contribution in [0.5, 0.6) is 0 Å². The van der Waals surface area contributed by atoms with Crippen LogP contribution in [0.25, 0.3) is 0 Å². The van der Waals surface area contributed by atoms with Gasteiger partial charge in [0.05, 0.1) is 6.61 Å². The van der Waals surface area contributed by atoms with E-state index in [4.69, 9.17) is 10.5 Å². The monoisotopic (exact) mass is 262 g/mol. The molecule has 0 saturated heterocycles. The van der Waals surface area contributed by atoms with Crippen molar-refractivity contribution in [2.75, 3.05) is 25.5 Å². The molecule has 1 atom stereocenters. The van der Waals surface area contributed by atoms with Crippen molar-refractivity contribution in [1.29, 1.82) is 0 Å². The lowest BCUT2D eigenvalue weighted by molar-refractivity contribution is 0.123. The number of nitrogen functional groups attached to an aromatic ring is 1. The van der Waals surface area contributed by atoms with E-state index in [2.05, 4.69) is 31.3 Å². The van der Waals surface area contributed by atoms with E-state index in [1.807, 2.05) is 6.07 Å². The first-order chi connectivity index (χ1) is 9.16. The Morgan fingerprint density at radius 1 is 1.37 bits per heavy atom. The number of nitrogens with two attached hydrogens (primary N) is 1. The molecule has 0 aromatic heterocycles. The minimum Gasteiger partial charge on any atom is -0.399 e. The van der Waals surface area contributed by atoms with Gasteiger partial charge in [0, 0.05) is 24.9 Å². The summed E-state index contributed by atoms with van der Waals surface area (Å²) in [5, 5.41) is 3.58. The lowest BCUT2D eigenvalue weighted by Crippen LogP contribution is -2.24. The molecule has 1 aromatic carbocycles. The van der Waals surface area contributed by atoms with E-state index in [1.165, 1.54) is 17.5 Å². The van der Waals surface area contributed by atoms with Crippen molar-refractivity contribution in [2.45, 2.75) is 39.2 Å². The second-order valence-corrected chi connectivity index (χ2v) is 5.80. The summed E-state index contributed by atoms with van der Waals surface area (Å²) in [6.07, 6.45) is 3.45. The first-order valence-electron chi connectivity index (χ1n) is 7.36. The summed E-state index contributed by atoms with van der Waals surface area (Å²) in [6, 6.07) is 6.74. The Morgan fingerprint density at radius 2 is 2.21 bits per heavy atom. The van der Waals surface area contributed by atoms with Crippen LogP contribution in [0.15, 0.2) is 18.2 Å². The van der Waals surface area contributed by atoms with Gasteiger partial charge < -0.3 is 15.8 Å². The fourth-order valence-electron chi connectivity index (χ4n) is 2.58. The van der Waals surface area contributed by atoms with Crippen LogP contribution in [0.4, 0.5) is 5.69 Å². The molecule has 0 fully saturated rings. The minimum atomic E-state index is 0.476. The molecule has 1 aliphatic rings. The molecule has 1 aliphatic carbocycles. The van der Waals surface area contributed by atoms with Gasteiger partial charge in [0.25, 0.3) is 0 Å². The lowest BCUT2D eigenvalue weighted by Gasteiger charge is -2.14. The number of anilines is 1. The molecule has 0 radical (unpaired) electrons. The van der Waals surface area contributed by atoms with E-state index in [0.29, 0.717) is 6.04 Å². The molecule has 0 saturated carbocycles. The Kier molecular flexibility index (Phi) is 5.23. The predicted octanol–water partition coefficient (Wildman–Crippen LogP) is 2.91. The molecule has 1 aromatic rings. The van der Waals surface area contributed by atoms with Crippen LogP contribution in [-0.2, 0) is 11.2 Å². The largest absolute Gasteiger partial charge is 0.399 e. The average Bonchev–Trinajstić information content (AvgIpc) is 2.75. The molecule has 0 amide bonds. The van der Waals surface area contributed by atoms with Gasteiger partial charge in [0.2, 0.25) is 0 Å². The maximum absolute atomic E-state index is 5.82. The molecule has 3 N–H and O–H groups in total. The molecule has 0 bridgehead atoms. The van der Waals surface area contributed by atoms with Gasteiger partial charge in [-0.25, -0.2) is 0 Å². The third-order valence-corrected chi connectivity index (χ3v) is 3.72. The zero-order valence-corrected chi connectivity index (χ0v) is 12.1. The smallest absolute Gasteiger partial charge is 0.0591 e. The molecular weight excluding hydrogens is 236 g/mol. The SMILES string of the molecule is CC(C)CCOCCNC1CCc2cc(N)ccc21. The Balaban J connectivity index is 1.69. The molecule has 0 heterocycles. The number of hydrogen-bond donors (Lipinski definition) is 2. The van der Waals surface area contributed by atoms with Crippen LogP contribution < -0.4 is 11.1 Å². The van der Waals surface area contributed by atoms with Gasteiger partial charge in [0.1, 0.15) is 0 Å². The van der Waals surface area contributed by atoms with Crippen LogP contribution in [0.3, 0.4) is 0 Å². The maximum Gasteiger partial charge on any atom is 0.0591 e. The standard InChI is InChI=1S/C16H26N2O/c1-12(2)7-9-19-10-8-18-16-6-3-13-11-14(17)4-5-15(13)16/h4-5,11-12,16,18H,3,6-10,17H2,1-2H3. The van der Waals surface area contributed by atoms with Gasteiger partial charge in [-0.15, -0.1) is 0 Å². The third kappa shape index (κ3) is 4.22. The lowest BCUT2D eigenvalue weighted by atomic mass is 10.1. The van der Waals surface area contributed by atoms with Crippen LogP contribution in [-0.4, -0.2) is 19.8 Å². The molecule has 3 heteroatoms. The molecule has 19 heavy (non-hydrogen) atoms.